The lowest BCUT2D eigenvalue weighted by Crippen LogP contribution is -2.36. The van der Waals surface area contributed by atoms with Crippen LogP contribution in [0, 0.1) is 11.8 Å². The van der Waals surface area contributed by atoms with E-state index in [-0.39, 0.29) is 35.9 Å². The molecule has 0 spiro atoms. The maximum absolute atomic E-state index is 12.8. The molecular formula is C18H20N2O4. The summed E-state index contributed by atoms with van der Waals surface area (Å²) in [6, 6.07) is 7.73. The van der Waals surface area contributed by atoms with E-state index in [0.29, 0.717) is 5.69 Å². The molecule has 0 radical (unpaired) electrons. The van der Waals surface area contributed by atoms with Crippen LogP contribution in [0.4, 0.5) is 11.4 Å². The Kier molecular flexibility index (Phi) is 3.18. The van der Waals surface area contributed by atoms with Crippen LogP contribution in [0.5, 0.6) is 0 Å². The SMILES string of the molecule is O=C1[C@@H]2[C@@H](C(=O)N1c1ccc(N3CCOCC3)cc1)[C@@H]1CC[C@@H]2O1. The van der Waals surface area contributed by atoms with E-state index in [1.54, 1.807) is 0 Å². The summed E-state index contributed by atoms with van der Waals surface area (Å²) >= 11 is 0. The van der Waals surface area contributed by atoms with Crippen molar-refractivity contribution in [2.24, 2.45) is 11.8 Å². The second-order valence-electron chi connectivity index (χ2n) is 6.97. The molecule has 5 rings (SSSR count). The number of amides is 2. The minimum absolute atomic E-state index is 0.0610. The molecule has 2 bridgehead atoms. The van der Waals surface area contributed by atoms with Gasteiger partial charge < -0.3 is 14.4 Å². The number of morpholine rings is 1. The molecule has 0 aromatic heterocycles. The normalized spacial score (nSPS) is 35.0. The molecule has 0 unspecified atom stereocenters. The molecule has 6 nitrogen and oxygen atoms in total. The molecule has 6 heteroatoms. The topological polar surface area (TPSA) is 59.1 Å². The Morgan fingerprint density at radius 3 is 1.96 bits per heavy atom. The summed E-state index contributed by atoms with van der Waals surface area (Å²) < 4.78 is 11.1. The number of nitrogens with zero attached hydrogens (tertiary/aromatic N) is 2. The Bertz CT molecular complexity index is 655. The van der Waals surface area contributed by atoms with Crippen LogP contribution < -0.4 is 9.80 Å². The van der Waals surface area contributed by atoms with Gasteiger partial charge in [-0.1, -0.05) is 0 Å². The van der Waals surface area contributed by atoms with Crippen molar-refractivity contribution in [3.05, 3.63) is 24.3 Å². The number of carbonyl (C=O) groups is 2. The van der Waals surface area contributed by atoms with Gasteiger partial charge in [-0.2, -0.15) is 0 Å². The maximum Gasteiger partial charge on any atom is 0.240 e. The predicted octanol–water partition coefficient (Wildman–Crippen LogP) is 1.19. The van der Waals surface area contributed by atoms with Crippen molar-refractivity contribution in [1.82, 2.24) is 0 Å². The molecule has 0 aliphatic carbocycles. The lowest BCUT2D eigenvalue weighted by Gasteiger charge is -2.29. The lowest BCUT2D eigenvalue weighted by atomic mass is 9.81. The molecular weight excluding hydrogens is 308 g/mol. The Morgan fingerprint density at radius 2 is 1.38 bits per heavy atom. The van der Waals surface area contributed by atoms with Crippen molar-refractivity contribution in [3.63, 3.8) is 0 Å². The Morgan fingerprint density at radius 1 is 0.833 bits per heavy atom. The van der Waals surface area contributed by atoms with E-state index in [4.69, 9.17) is 9.47 Å². The summed E-state index contributed by atoms with van der Waals surface area (Å²) in [6.45, 7) is 3.20. The van der Waals surface area contributed by atoms with E-state index < -0.39 is 0 Å². The number of benzene rings is 1. The summed E-state index contributed by atoms with van der Waals surface area (Å²) in [4.78, 5) is 29.2. The minimum atomic E-state index is -0.268. The highest BCUT2D eigenvalue weighted by Gasteiger charge is 2.62. The number of ether oxygens (including phenoxy) is 2. The molecule has 0 saturated carbocycles. The molecule has 1 aromatic rings. The lowest BCUT2D eigenvalue weighted by molar-refractivity contribution is -0.124. The summed E-state index contributed by atoms with van der Waals surface area (Å²) in [5, 5.41) is 0. The number of anilines is 2. The number of rotatable bonds is 2. The largest absolute Gasteiger partial charge is 0.378 e. The molecule has 4 heterocycles. The van der Waals surface area contributed by atoms with Gasteiger partial charge in [0.2, 0.25) is 11.8 Å². The predicted molar refractivity (Wildman–Crippen MR) is 86.8 cm³/mol. The van der Waals surface area contributed by atoms with E-state index in [1.165, 1.54) is 4.90 Å². The van der Waals surface area contributed by atoms with E-state index in [9.17, 15) is 9.59 Å². The monoisotopic (exact) mass is 328 g/mol. The van der Waals surface area contributed by atoms with Gasteiger partial charge in [-0.15, -0.1) is 0 Å². The van der Waals surface area contributed by atoms with Crippen LogP contribution in [-0.2, 0) is 19.1 Å². The van der Waals surface area contributed by atoms with Crippen LogP contribution in [-0.4, -0.2) is 50.3 Å². The van der Waals surface area contributed by atoms with Crippen LogP contribution in [0.15, 0.2) is 24.3 Å². The minimum Gasteiger partial charge on any atom is -0.378 e. The molecule has 1 aromatic carbocycles. The fourth-order valence-corrected chi connectivity index (χ4v) is 4.60. The Balaban J connectivity index is 1.40. The second-order valence-corrected chi connectivity index (χ2v) is 6.97. The van der Waals surface area contributed by atoms with Crippen LogP contribution in [0.2, 0.25) is 0 Å². The van der Waals surface area contributed by atoms with Gasteiger partial charge in [0.25, 0.3) is 0 Å². The van der Waals surface area contributed by atoms with Crippen LogP contribution in [0.1, 0.15) is 12.8 Å². The fourth-order valence-electron chi connectivity index (χ4n) is 4.60. The van der Waals surface area contributed by atoms with Gasteiger partial charge in [-0.05, 0) is 37.1 Å². The zero-order valence-electron chi connectivity index (χ0n) is 13.4. The van der Waals surface area contributed by atoms with Crippen molar-refractivity contribution in [3.8, 4) is 0 Å². The first-order chi connectivity index (χ1) is 11.7. The van der Waals surface area contributed by atoms with Gasteiger partial charge in [0, 0.05) is 18.8 Å². The van der Waals surface area contributed by atoms with Gasteiger partial charge in [0.1, 0.15) is 0 Å². The maximum atomic E-state index is 12.8. The highest BCUT2D eigenvalue weighted by atomic mass is 16.5. The fraction of sp³-hybridized carbons (Fsp3) is 0.556. The van der Waals surface area contributed by atoms with Gasteiger partial charge in [0.15, 0.2) is 0 Å². The van der Waals surface area contributed by atoms with Crippen molar-refractivity contribution in [2.45, 2.75) is 25.0 Å². The third-order valence-electron chi connectivity index (χ3n) is 5.77. The van der Waals surface area contributed by atoms with Gasteiger partial charge >= 0.3 is 0 Å². The Labute approximate surface area is 140 Å². The van der Waals surface area contributed by atoms with Crippen molar-refractivity contribution in [1.29, 1.82) is 0 Å². The van der Waals surface area contributed by atoms with Crippen molar-refractivity contribution < 1.29 is 19.1 Å². The number of hydrogen-bond donors (Lipinski definition) is 0. The molecule has 24 heavy (non-hydrogen) atoms. The first-order valence-corrected chi connectivity index (χ1v) is 8.70. The molecule has 4 atom stereocenters. The number of hydrogen-bond acceptors (Lipinski definition) is 5. The van der Waals surface area contributed by atoms with Crippen LogP contribution >= 0.6 is 0 Å². The van der Waals surface area contributed by atoms with Gasteiger partial charge in [-0.3, -0.25) is 9.59 Å². The van der Waals surface area contributed by atoms with E-state index in [1.807, 2.05) is 24.3 Å². The third-order valence-corrected chi connectivity index (χ3v) is 5.77. The van der Waals surface area contributed by atoms with Crippen molar-refractivity contribution in [2.75, 3.05) is 36.1 Å². The number of imide groups is 1. The molecule has 2 amide bonds. The van der Waals surface area contributed by atoms with E-state index in [2.05, 4.69) is 4.90 Å². The average Bonchev–Trinajstić information content (AvgIpc) is 3.30. The first kappa shape index (κ1) is 14.4. The number of fused-ring (bicyclic) bond motifs is 5. The van der Waals surface area contributed by atoms with Crippen LogP contribution in [0.25, 0.3) is 0 Å². The molecule has 126 valence electrons. The number of carbonyl (C=O) groups excluding carboxylic acids is 2. The molecule has 4 aliphatic rings. The summed E-state index contributed by atoms with van der Waals surface area (Å²) in [5.41, 5.74) is 1.78. The highest BCUT2D eigenvalue weighted by Crippen LogP contribution is 2.49. The average molecular weight is 328 g/mol. The first-order valence-electron chi connectivity index (χ1n) is 8.70. The zero-order chi connectivity index (χ0) is 16.3. The highest BCUT2D eigenvalue weighted by molar-refractivity contribution is 6.22. The van der Waals surface area contributed by atoms with Crippen molar-refractivity contribution >= 4 is 23.2 Å². The molecule has 4 saturated heterocycles. The smallest absolute Gasteiger partial charge is 0.240 e. The van der Waals surface area contributed by atoms with Crippen LogP contribution in [0.3, 0.4) is 0 Å². The molecule has 4 aliphatic heterocycles. The third kappa shape index (κ3) is 1.96. The Hall–Kier alpha value is -1.92. The van der Waals surface area contributed by atoms with Gasteiger partial charge in [0.05, 0.1) is 42.9 Å². The van der Waals surface area contributed by atoms with E-state index >= 15 is 0 Å². The standard InChI is InChI=1S/C18H20N2O4/c21-17-15-13-5-6-14(24-13)16(15)18(22)20(17)12-3-1-11(2-4-12)19-7-9-23-10-8-19/h1-4,13-16H,5-10H2/t13-,14-,15-,16-/m0/s1. The second kappa shape index (κ2) is 5.29. The summed E-state index contributed by atoms with van der Waals surface area (Å²) in [5.74, 6) is -0.710. The summed E-state index contributed by atoms with van der Waals surface area (Å²) in [6.07, 6.45) is 1.67. The molecule has 0 N–H and O–H groups in total. The van der Waals surface area contributed by atoms with E-state index in [0.717, 1.165) is 44.8 Å². The molecule has 4 fully saturated rings. The quantitative estimate of drug-likeness (QED) is 0.763. The summed E-state index contributed by atoms with van der Waals surface area (Å²) in [7, 11) is 0. The van der Waals surface area contributed by atoms with Gasteiger partial charge in [-0.25, -0.2) is 4.90 Å². The zero-order valence-corrected chi connectivity index (χ0v) is 13.4.